The van der Waals surface area contributed by atoms with Crippen molar-refractivity contribution in [1.29, 1.82) is 0 Å². The molecule has 1 saturated carbocycles. The van der Waals surface area contributed by atoms with Gasteiger partial charge >= 0.3 is 0 Å². The molecule has 2 aromatic carbocycles. The molecule has 0 spiro atoms. The molecular formula is C20H18FN3O2. The minimum Gasteiger partial charge on any atom is -0.423 e. The second kappa shape index (κ2) is 5.92. The van der Waals surface area contributed by atoms with E-state index >= 15 is 0 Å². The van der Waals surface area contributed by atoms with Crippen LogP contribution in [0.4, 0.5) is 10.4 Å². The van der Waals surface area contributed by atoms with Gasteiger partial charge in [-0.3, -0.25) is 4.98 Å². The maximum Gasteiger partial charge on any atom is 0.295 e. The Morgan fingerprint density at radius 3 is 2.73 bits per heavy atom. The summed E-state index contributed by atoms with van der Waals surface area (Å²) in [7, 11) is 0. The molecule has 4 aromatic rings. The highest BCUT2D eigenvalue weighted by molar-refractivity contribution is 6.22. The van der Waals surface area contributed by atoms with Gasteiger partial charge in [-0.2, -0.15) is 4.98 Å². The maximum absolute atomic E-state index is 13.8. The largest absolute Gasteiger partial charge is 0.423 e. The highest BCUT2D eigenvalue weighted by Gasteiger charge is 2.22. The molecule has 132 valence electrons. The van der Waals surface area contributed by atoms with E-state index < -0.39 is 0 Å². The molecule has 1 fully saturated rings. The summed E-state index contributed by atoms with van der Waals surface area (Å²) in [5.41, 5.74) is 1.40. The third-order valence-corrected chi connectivity index (χ3v) is 5.24. The van der Waals surface area contributed by atoms with Crippen LogP contribution in [0.5, 0.6) is 0 Å². The van der Waals surface area contributed by atoms with Gasteiger partial charge in [0.2, 0.25) is 0 Å². The molecular weight excluding hydrogens is 333 g/mol. The van der Waals surface area contributed by atoms with Crippen LogP contribution in [0.3, 0.4) is 0 Å². The summed E-state index contributed by atoms with van der Waals surface area (Å²) < 4.78 is 19.9. The number of anilines is 1. The number of oxazole rings is 1. The Morgan fingerprint density at radius 1 is 1.04 bits per heavy atom. The van der Waals surface area contributed by atoms with Gasteiger partial charge in [0.25, 0.3) is 6.01 Å². The van der Waals surface area contributed by atoms with Crippen molar-refractivity contribution in [2.24, 2.45) is 0 Å². The Bertz CT molecular complexity index is 1120. The number of aliphatic hydroxyl groups excluding tert-OH is 1. The molecule has 5 rings (SSSR count). The lowest BCUT2D eigenvalue weighted by atomic mass is 9.93. The van der Waals surface area contributed by atoms with Crippen molar-refractivity contribution in [3.8, 4) is 0 Å². The SMILES string of the molecule is OC1CCC(Nc2nc3c4ccc(F)cc4c4cnccc4c3o2)CC1. The number of halogens is 1. The maximum atomic E-state index is 13.8. The van der Waals surface area contributed by atoms with Gasteiger partial charge in [0.05, 0.1) is 6.10 Å². The Hall–Kier alpha value is -2.73. The van der Waals surface area contributed by atoms with Crippen molar-refractivity contribution in [3.05, 3.63) is 42.5 Å². The molecule has 5 nitrogen and oxygen atoms in total. The number of rotatable bonds is 2. The van der Waals surface area contributed by atoms with Crippen molar-refractivity contribution in [2.45, 2.75) is 37.8 Å². The predicted molar refractivity (Wildman–Crippen MR) is 98.7 cm³/mol. The van der Waals surface area contributed by atoms with Gasteiger partial charge in [-0.05, 0) is 55.3 Å². The first-order valence-corrected chi connectivity index (χ1v) is 8.89. The zero-order chi connectivity index (χ0) is 17.7. The van der Waals surface area contributed by atoms with E-state index in [1.54, 1.807) is 18.5 Å². The lowest BCUT2D eigenvalue weighted by Crippen LogP contribution is -2.28. The lowest BCUT2D eigenvalue weighted by Gasteiger charge is -2.25. The zero-order valence-corrected chi connectivity index (χ0v) is 14.1. The Balaban J connectivity index is 1.67. The summed E-state index contributed by atoms with van der Waals surface area (Å²) in [5, 5.41) is 16.4. The molecule has 0 unspecified atom stereocenters. The van der Waals surface area contributed by atoms with E-state index in [1.807, 2.05) is 6.07 Å². The zero-order valence-electron chi connectivity index (χ0n) is 14.1. The number of nitrogens with one attached hydrogen (secondary N) is 1. The average molecular weight is 351 g/mol. The molecule has 2 N–H and O–H groups in total. The number of hydrogen-bond acceptors (Lipinski definition) is 5. The van der Waals surface area contributed by atoms with Gasteiger partial charge in [0.1, 0.15) is 11.3 Å². The van der Waals surface area contributed by atoms with Crippen LogP contribution in [0.15, 0.2) is 41.1 Å². The molecule has 1 aliphatic carbocycles. The van der Waals surface area contributed by atoms with E-state index in [4.69, 9.17) is 4.42 Å². The second-order valence-corrected chi connectivity index (χ2v) is 6.96. The van der Waals surface area contributed by atoms with E-state index in [0.29, 0.717) is 11.6 Å². The third-order valence-electron chi connectivity index (χ3n) is 5.24. The summed E-state index contributed by atoms with van der Waals surface area (Å²) in [6.45, 7) is 0. The van der Waals surface area contributed by atoms with Crippen molar-refractivity contribution in [3.63, 3.8) is 0 Å². The summed E-state index contributed by atoms with van der Waals surface area (Å²) in [5.74, 6) is -0.287. The molecule has 26 heavy (non-hydrogen) atoms. The van der Waals surface area contributed by atoms with Gasteiger partial charge in [-0.1, -0.05) is 0 Å². The van der Waals surface area contributed by atoms with E-state index in [0.717, 1.165) is 52.7 Å². The van der Waals surface area contributed by atoms with Crippen LogP contribution >= 0.6 is 0 Å². The predicted octanol–water partition coefficient (Wildman–Crippen LogP) is 4.38. The van der Waals surface area contributed by atoms with Gasteiger partial charge in [0, 0.05) is 34.6 Å². The summed E-state index contributed by atoms with van der Waals surface area (Å²) in [6, 6.07) is 7.27. The molecule has 6 heteroatoms. The molecule has 2 heterocycles. The number of aliphatic hydroxyl groups is 1. The molecule has 0 bridgehead atoms. The number of aromatic nitrogens is 2. The van der Waals surface area contributed by atoms with Crippen molar-refractivity contribution in [2.75, 3.05) is 5.32 Å². The molecule has 0 atom stereocenters. The van der Waals surface area contributed by atoms with E-state index in [9.17, 15) is 9.50 Å². The fourth-order valence-corrected chi connectivity index (χ4v) is 3.89. The molecule has 0 radical (unpaired) electrons. The van der Waals surface area contributed by atoms with E-state index in [-0.39, 0.29) is 18.0 Å². The van der Waals surface area contributed by atoms with Crippen LogP contribution in [-0.4, -0.2) is 27.2 Å². The fraction of sp³-hybridized carbons (Fsp3) is 0.300. The normalized spacial score (nSPS) is 20.8. The molecule has 2 aromatic heterocycles. The highest BCUT2D eigenvalue weighted by Crippen LogP contribution is 2.36. The Morgan fingerprint density at radius 2 is 1.88 bits per heavy atom. The summed E-state index contributed by atoms with van der Waals surface area (Å²) >= 11 is 0. The van der Waals surface area contributed by atoms with Crippen LogP contribution in [-0.2, 0) is 0 Å². The standard InChI is InChI=1S/C20H18FN3O2/c21-11-1-6-14-16(9-11)17-10-22-8-7-15(17)19-18(14)24-20(26-19)23-12-2-4-13(25)5-3-12/h1,6-10,12-13,25H,2-5H2,(H,23,24). The van der Waals surface area contributed by atoms with Gasteiger partial charge in [-0.15, -0.1) is 0 Å². The van der Waals surface area contributed by atoms with Gasteiger partial charge < -0.3 is 14.8 Å². The first-order valence-electron chi connectivity index (χ1n) is 8.89. The minimum absolute atomic E-state index is 0.202. The van der Waals surface area contributed by atoms with Gasteiger partial charge in [-0.25, -0.2) is 4.39 Å². The Kier molecular flexibility index (Phi) is 3.53. The second-order valence-electron chi connectivity index (χ2n) is 6.96. The number of pyridine rings is 1. The van der Waals surface area contributed by atoms with E-state index in [2.05, 4.69) is 15.3 Å². The van der Waals surface area contributed by atoms with Gasteiger partial charge in [0.15, 0.2) is 5.58 Å². The number of benzene rings is 2. The molecule has 1 aliphatic rings. The molecule has 0 aliphatic heterocycles. The van der Waals surface area contributed by atoms with Crippen LogP contribution in [0, 0.1) is 5.82 Å². The summed E-state index contributed by atoms with van der Waals surface area (Å²) in [4.78, 5) is 8.83. The first kappa shape index (κ1) is 15.5. The lowest BCUT2D eigenvalue weighted by molar-refractivity contribution is 0.125. The summed E-state index contributed by atoms with van der Waals surface area (Å²) in [6.07, 6.45) is 6.57. The monoisotopic (exact) mass is 351 g/mol. The first-order chi connectivity index (χ1) is 12.7. The van der Waals surface area contributed by atoms with Crippen LogP contribution in [0.1, 0.15) is 25.7 Å². The van der Waals surface area contributed by atoms with Crippen molar-refractivity contribution in [1.82, 2.24) is 9.97 Å². The van der Waals surface area contributed by atoms with Crippen molar-refractivity contribution < 1.29 is 13.9 Å². The Labute approximate surface area is 148 Å². The topological polar surface area (TPSA) is 71.2 Å². The quantitative estimate of drug-likeness (QED) is 0.524. The van der Waals surface area contributed by atoms with Crippen molar-refractivity contribution >= 4 is 38.7 Å². The van der Waals surface area contributed by atoms with Crippen LogP contribution in [0.25, 0.3) is 32.6 Å². The number of fused-ring (bicyclic) bond motifs is 6. The minimum atomic E-state index is -0.287. The average Bonchev–Trinajstić information content (AvgIpc) is 3.08. The van der Waals surface area contributed by atoms with Crippen LogP contribution < -0.4 is 5.32 Å². The molecule has 0 amide bonds. The molecule has 0 saturated heterocycles. The third kappa shape index (κ3) is 2.49. The van der Waals surface area contributed by atoms with Crippen LogP contribution in [0.2, 0.25) is 0 Å². The smallest absolute Gasteiger partial charge is 0.295 e. The highest BCUT2D eigenvalue weighted by atomic mass is 19.1. The van der Waals surface area contributed by atoms with E-state index in [1.165, 1.54) is 12.1 Å². The number of hydrogen-bond donors (Lipinski definition) is 2. The number of nitrogens with zero attached hydrogens (tertiary/aromatic N) is 2. The fourth-order valence-electron chi connectivity index (χ4n) is 3.89.